The van der Waals surface area contributed by atoms with Gasteiger partial charge in [0.2, 0.25) is 5.91 Å². The zero-order valence-corrected chi connectivity index (χ0v) is 11.0. The monoisotopic (exact) mass is 255 g/mol. The molecule has 0 aliphatic carbocycles. The van der Waals surface area contributed by atoms with Gasteiger partial charge in [0.25, 0.3) is 0 Å². The largest absolute Gasteiger partial charge is 0.383 e. The van der Waals surface area contributed by atoms with Gasteiger partial charge in [-0.1, -0.05) is 0 Å². The molecule has 1 saturated heterocycles. The molecule has 1 amide bonds. The third kappa shape index (κ3) is 3.95. The summed E-state index contributed by atoms with van der Waals surface area (Å²) in [4.78, 5) is 14.1. The summed E-state index contributed by atoms with van der Waals surface area (Å²) in [7, 11) is 3.43. The number of hydrogen-bond acceptors (Lipinski definition) is 5. The fourth-order valence-corrected chi connectivity index (χ4v) is 2.04. The van der Waals surface area contributed by atoms with Crippen LogP contribution in [0.2, 0.25) is 0 Å². The lowest BCUT2D eigenvalue weighted by Gasteiger charge is -2.26. The fourth-order valence-electron chi connectivity index (χ4n) is 2.04. The number of rotatable bonds is 7. The Labute approximate surface area is 108 Å². The molecular formula is C12H21N3O3. The van der Waals surface area contributed by atoms with Gasteiger partial charge in [-0.25, -0.2) is 0 Å². The summed E-state index contributed by atoms with van der Waals surface area (Å²) >= 11 is 0. The van der Waals surface area contributed by atoms with Gasteiger partial charge in [0.1, 0.15) is 0 Å². The lowest BCUT2D eigenvalue weighted by atomic mass is 10.0. The van der Waals surface area contributed by atoms with Crippen molar-refractivity contribution >= 4 is 5.91 Å². The van der Waals surface area contributed by atoms with Gasteiger partial charge >= 0.3 is 0 Å². The van der Waals surface area contributed by atoms with Gasteiger partial charge in [0.05, 0.1) is 38.2 Å². The Balaban J connectivity index is 2.59. The highest BCUT2D eigenvalue weighted by Gasteiger charge is 2.35. The molecule has 102 valence electrons. The van der Waals surface area contributed by atoms with E-state index in [9.17, 15) is 4.79 Å². The predicted octanol–water partition coefficient (Wildman–Crippen LogP) is -0.391. The van der Waals surface area contributed by atoms with Crippen LogP contribution in [0.1, 0.15) is 6.42 Å². The Morgan fingerprint density at radius 2 is 2.33 bits per heavy atom. The molecule has 0 radical (unpaired) electrons. The third-order valence-electron chi connectivity index (χ3n) is 3.14. The molecule has 2 unspecified atom stereocenters. The van der Waals surface area contributed by atoms with Crippen molar-refractivity contribution in [2.45, 2.75) is 12.5 Å². The SMILES string of the molecule is CNC1COCC1C(=O)N(CCC#N)CCOC. The minimum absolute atomic E-state index is 0.0409. The topological polar surface area (TPSA) is 74.6 Å². The zero-order chi connectivity index (χ0) is 13.4. The molecule has 0 bridgehead atoms. The Bertz CT molecular complexity index is 303. The van der Waals surface area contributed by atoms with E-state index < -0.39 is 0 Å². The maximum atomic E-state index is 12.4. The van der Waals surface area contributed by atoms with Crippen LogP contribution in [0.5, 0.6) is 0 Å². The van der Waals surface area contributed by atoms with E-state index in [0.29, 0.717) is 39.3 Å². The van der Waals surface area contributed by atoms with Gasteiger partial charge in [0, 0.05) is 26.2 Å². The number of likely N-dealkylation sites (N-methyl/N-ethyl adjacent to an activating group) is 1. The first-order valence-electron chi connectivity index (χ1n) is 6.14. The lowest BCUT2D eigenvalue weighted by molar-refractivity contribution is -0.136. The summed E-state index contributed by atoms with van der Waals surface area (Å²) in [5.41, 5.74) is 0. The average Bonchev–Trinajstić information content (AvgIpc) is 2.86. The molecule has 1 N–H and O–H groups in total. The van der Waals surface area contributed by atoms with Crippen LogP contribution in [0.4, 0.5) is 0 Å². The minimum atomic E-state index is -0.162. The molecule has 1 aliphatic heterocycles. The highest BCUT2D eigenvalue weighted by atomic mass is 16.5. The van der Waals surface area contributed by atoms with E-state index in [2.05, 4.69) is 11.4 Å². The maximum absolute atomic E-state index is 12.4. The van der Waals surface area contributed by atoms with Crippen molar-refractivity contribution in [3.8, 4) is 6.07 Å². The van der Waals surface area contributed by atoms with Crippen LogP contribution in [-0.4, -0.2) is 63.9 Å². The first kappa shape index (κ1) is 14.9. The number of carbonyl (C=O) groups is 1. The Morgan fingerprint density at radius 3 is 2.94 bits per heavy atom. The van der Waals surface area contributed by atoms with Gasteiger partial charge < -0.3 is 19.7 Å². The van der Waals surface area contributed by atoms with Crippen LogP contribution in [0, 0.1) is 17.2 Å². The second-order valence-corrected chi connectivity index (χ2v) is 4.27. The molecule has 6 nitrogen and oxygen atoms in total. The minimum Gasteiger partial charge on any atom is -0.383 e. The molecule has 0 aromatic heterocycles. The van der Waals surface area contributed by atoms with Gasteiger partial charge in [-0.2, -0.15) is 5.26 Å². The molecular weight excluding hydrogens is 234 g/mol. The summed E-state index contributed by atoms with van der Waals surface area (Å²) in [6.45, 7) is 2.45. The molecule has 0 spiro atoms. The van der Waals surface area contributed by atoms with Crippen molar-refractivity contribution < 1.29 is 14.3 Å². The van der Waals surface area contributed by atoms with Crippen LogP contribution < -0.4 is 5.32 Å². The number of carbonyl (C=O) groups excluding carboxylic acids is 1. The first-order chi connectivity index (χ1) is 8.74. The highest BCUT2D eigenvalue weighted by molar-refractivity contribution is 5.80. The van der Waals surface area contributed by atoms with Crippen LogP contribution in [0.3, 0.4) is 0 Å². The van der Waals surface area contributed by atoms with Crippen molar-refractivity contribution in [1.82, 2.24) is 10.2 Å². The smallest absolute Gasteiger partial charge is 0.229 e. The van der Waals surface area contributed by atoms with Crippen molar-refractivity contribution in [3.05, 3.63) is 0 Å². The summed E-state index contributed by atoms with van der Waals surface area (Å²) < 4.78 is 10.3. The van der Waals surface area contributed by atoms with Crippen molar-refractivity contribution in [2.24, 2.45) is 5.92 Å². The Morgan fingerprint density at radius 1 is 1.56 bits per heavy atom. The fraction of sp³-hybridized carbons (Fsp3) is 0.833. The molecule has 1 aliphatic rings. The second-order valence-electron chi connectivity index (χ2n) is 4.27. The standard InChI is InChI=1S/C12H21N3O3/c1-14-11-9-18-8-10(11)12(16)15(5-3-4-13)6-7-17-2/h10-11,14H,3,5-9H2,1-2H3. The van der Waals surface area contributed by atoms with Crippen molar-refractivity contribution in [1.29, 1.82) is 5.26 Å². The quantitative estimate of drug-likeness (QED) is 0.670. The Hall–Kier alpha value is -1.16. The molecule has 6 heteroatoms. The molecule has 1 fully saturated rings. The number of amides is 1. The molecule has 0 saturated carbocycles. The van der Waals surface area contributed by atoms with Crippen LogP contribution in [0.15, 0.2) is 0 Å². The lowest BCUT2D eigenvalue weighted by Crippen LogP contribution is -2.46. The second kappa shape index (κ2) is 8.03. The number of nitriles is 1. The molecule has 1 rings (SSSR count). The Kier molecular flexibility index (Phi) is 6.65. The zero-order valence-electron chi connectivity index (χ0n) is 11.0. The van der Waals surface area contributed by atoms with E-state index in [1.165, 1.54) is 0 Å². The van der Waals surface area contributed by atoms with Crippen LogP contribution >= 0.6 is 0 Å². The van der Waals surface area contributed by atoms with E-state index in [4.69, 9.17) is 14.7 Å². The summed E-state index contributed by atoms with van der Waals surface area (Å²) in [6.07, 6.45) is 0.341. The maximum Gasteiger partial charge on any atom is 0.229 e. The summed E-state index contributed by atoms with van der Waals surface area (Å²) in [5, 5.41) is 11.7. The molecule has 2 atom stereocenters. The predicted molar refractivity (Wildman–Crippen MR) is 65.8 cm³/mol. The van der Waals surface area contributed by atoms with Gasteiger partial charge in [-0.3, -0.25) is 4.79 Å². The van der Waals surface area contributed by atoms with Crippen molar-refractivity contribution in [2.75, 3.05) is 47.1 Å². The number of nitrogens with one attached hydrogen (secondary N) is 1. The van der Waals surface area contributed by atoms with E-state index >= 15 is 0 Å². The third-order valence-corrected chi connectivity index (χ3v) is 3.14. The van der Waals surface area contributed by atoms with Crippen molar-refractivity contribution in [3.63, 3.8) is 0 Å². The highest BCUT2D eigenvalue weighted by Crippen LogP contribution is 2.16. The van der Waals surface area contributed by atoms with Crippen LogP contribution in [-0.2, 0) is 14.3 Å². The van der Waals surface area contributed by atoms with E-state index in [1.54, 1.807) is 12.0 Å². The number of hydrogen-bond donors (Lipinski definition) is 1. The number of nitrogens with zero attached hydrogens (tertiary/aromatic N) is 2. The molecule has 0 aromatic rings. The van der Waals surface area contributed by atoms with Gasteiger partial charge in [-0.05, 0) is 7.05 Å². The molecule has 18 heavy (non-hydrogen) atoms. The number of methoxy groups -OCH3 is 1. The average molecular weight is 255 g/mol. The number of ether oxygens (including phenoxy) is 2. The van der Waals surface area contributed by atoms with Crippen LogP contribution in [0.25, 0.3) is 0 Å². The first-order valence-corrected chi connectivity index (χ1v) is 6.14. The molecule has 1 heterocycles. The van der Waals surface area contributed by atoms with E-state index in [-0.39, 0.29) is 17.9 Å². The summed E-state index contributed by atoms with van der Waals surface area (Å²) in [6, 6.07) is 2.12. The van der Waals surface area contributed by atoms with E-state index in [1.807, 2.05) is 7.05 Å². The van der Waals surface area contributed by atoms with Gasteiger partial charge in [-0.15, -0.1) is 0 Å². The van der Waals surface area contributed by atoms with E-state index in [0.717, 1.165) is 0 Å². The summed E-state index contributed by atoms with van der Waals surface area (Å²) in [5.74, 6) is -0.121. The van der Waals surface area contributed by atoms with Gasteiger partial charge in [0.15, 0.2) is 0 Å². The normalized spacial score (nSPS) is 22.7. The molecule has 0 aromatic carbocycles.